The summed E-state index contributed by atoms with van der Waals surface area (Å²) in [6.07, 6.45) is 1.81. The molecule has 3 aromatic carbocycles. The lowest BCUT2D eigenvalue weighted by molar-refractivity contribution is -0.114. The van der Waals surface area contributed by atoms with Crippen LogP contribution in [0.15, 0.2) is 83.5 Å². The lowest BCUT2D eigenvalue weighted by atomic mass is 10.1. The zero-order chi connectivity index (χ0) is 22.5. The number of para-hydroxylation sites is 1. The first-order valence-electron chi connectivity index (χ1n) is 10.4. The molecular formula is C26H23ClN2O3. The van der Waals surface area contributed by atoms with Crippen molar-refractivity contribution < 1.29 is 14.3 Å². The van der Waals surface area contributed by atoms with E-state index < -0.39 is 0 Å². The van der Waals surface area contributed by atoms with Crippen LogP contribution in [0.1, 0.15) is 25.0 Å². The van der Waals surface area contributed by atoms with Gasteiger partial charge in [0.2, 0.25) is 0 Å². The summed E-state index contributed by atoms with van der Waals surface area (Å²) in [7, 11) is 0. The molecule has 0 saturated heterocycles. The molecule has 162 valence electrons. The Morgan fingerprint density at radius 2 is 1.72 bits per heavy atom. The van der Waals surface area contributed by atoms with E-state index in [1.165, 1.54) is 5.01 Å². The molecule has 0 saturated carbocycles. The number of nitrogens with zero attached hydrogens (tertiary/aromatic N) is 2. The van der Waals surface area contributed by atoms with Crippen LogP contribution in [0.4, 0.5) is 5.69 Å². The first-order chi connectivity index (χ1) is 15.6. The van der Waals surface area contributed by atoms with Crippen molar-refractivity contribution in [3.8, 4) is 11.5 Å². The van der Waals surface area contributed by atoms with Crippen molar-refractivity contribution >= 4 is 35.0 Å². The van der Waals surface area contributed by atoms with Gasteiger partial charge >= 0.3 is 0 Å². The average molecular weight is 447 g/mol. The highest BCUT2D eigenvalue weighted by atomic mass is 35.5. The summed E-state index contributed by atoms with van der Waals surface area (Å²) < 4.78 is 11.8. The van der Waals surface area contributed by atoms with Crippen LogP contribution in [0.2, 0.25) is 5.02 Å². The van der Waals surface area contributed by atoms with Crippen LogP contribution in [-0.4, -0.2) is 18.2 Å². The van der Waals surface area contributed by atoms with Crippen molar-refractivity contribution in [2.45, 2.75) is 20.5 Å². The van der Waals surface area contributed by atoms with Crippen LogP contribution in [-0.2, 0) is 11.4 Å². The second kappa shape index (κ2) is 9.71. The minimum atomic E-state index is -0.224. The monoisotopic (exact) mass is 446 g/mol. The lowest BCUT2D eigenvalue weighted by Gasteiger charge is -2.14. The number of benzene rings is 3. The highest BCUT2D eigenvalue weighted by Crippen LogP contribution is 2.33. The van der Waals surface area contributed by atoms with Gasteiger partial charge in [-0.3, -0.25) is 4.79 Å². The molecule has 1 amide bonds. The number of hydrazone groups is 1. The minimum absolute atomic E-state index is 0.224. The molecule has 0 spiro atoms. The second-order valence-electron chi connectivity index (χ2n) is 7.23. The molecule has 0 aliphatic carbocycles. The normalized spacial score (nSPS) is 14.6. The number of carbonyl (C=O) groups excluding carboxylic acids is 1. The summed E-state index contributed by atoms with van der Waals surface area (Å²) in [4.78, 5) is 13.0. The molecule has 32 heavy (non-hydrogen) atoms. The molecule has 0 bridgehead atoms. The van der Waals surface area contributed by atoms with Crippen molar-refractivity contribution in [1.29, 1.82) is 0 Å². The molecule has 6 heteroatoms. The molecule has 4 rings (SSSR count). The smallest absolute Gasteiger partial charge is 0.280 e. The number of hydrogen-bond acceptors (Lipinski definition) is 4. The van der Waals surface area contributed by atoms with Gasteiger partial charge in [-0.2, -0.15) is 10.1 Å². The van der Waals surface area contributed by atoms with Crippen molar-refractivity contribution in [3.05, 3.63) is 94.5 Å². The Morgan fingerprint density at radius 3 is 2.47 bits per heavy atom. The third-order valence-electron chi connectivity index (χ3n) is 4.96. The topological polar surface area (TPSA) is 51.1 Å². The van der Waals surface area contributed by atoms with E-state index in [0.717, 1.165) is 11.1 Å². The van der Waals surface area contributed by atoms with Gasteiger partial charge in [0.25, 0.3) is 5.91 Å². The number of carbonyl (C=O) groups is 1. The molecule has 1 heterocycles. The van der Waals surface area contributed by atoms with E-state index in [1.807, 2.05) is 73.7 Å². The van der Waals surface area contributed by atoms with E-state index in [2.05, 4.69) is 5.10 Å². The number of amides is 1. The average Bonchev–Trinajstić information content (AvgIpc) is 3.08. The summed E-state index contributed by atoms with van der Waals surface area (Å²) in [5.74, 6) is 1.05. The highest BCUT2D eigenvalue weighted by molar-refractivity contribution is 6.37. The van der Waals surface area contributed by atoms with Gasteiger partial charge in [-0.05, 0) is 55.3 Å². The molecule has 0 radical (unpaired) electrons. The van der Waals surface area contributed by atoms with Crippen molar-refractivity contribution in [2.75, 3.05) is 11.6 Å². The van der Waals surface area contributed by atoms with Crippen molar-refractivity contribution in [1.82, 2.24) is 0 Å². The summed E-state index contributed by atoms with van der Waals surface area (Å²) in [5.41, 5.74) is 3.58. The molecule has 5 nitrogen and oxygen atoms in total. The Morgan fingerprint density at radius 1 is 0.969 bits per heavy atom. The number of ether oxygens (including phenoxy) is 2. The van der Waals surface area contributed by atoms with Gasteiger partial charge in [0.05, 0.1) is 28.6 Å². The maximum Gasteiger partial charge on any atom is 0.280 e. The van der Waals surface area contributed by atoms with Crippen LogP contribution >= 0.6 is 11.6 Å². The molecular weight excluding hydrogens is 424 g/mol. The molecule has 0 aromatic heterocycles. The van der Waals surface area contributed by atoms with Gasteiger partial charge < -0.3 is 9.47 Å². The second-order valence-corrected chi connectivity index (χ2v) is 7.63. The number of halogens is 1. The molecule has 1 aliphatic rings. The predicted molar refractivity (Wildman–Crippen MR) is 128 cm³/mol. The zero-order valence-electron chi connectivity index (χ0n) is 17.9. The Hall–Kier alpha value is -3.57. The van der Waals surface area contributed by atoms with Gasteiger partial charge in [-0.15, -0.1) is 0 Å². The standard InChI is InChI=1S/C26H23ClN2O3/c1-3-31-25-16-20(13-14-24(25)32-17-19-9-5-4-6-10-19)15-21-18(2)28-29(26(21)30)23-12-8-7-11-22(23)27/h4-16H,3,17H2,1-2H3/b21-15-. The van der Waals surface area contributed by atoms with E-state index >= 15 is 0 Å². The van der Waals surface area contributed by atoms with Crippen molar-refractivity contribution in [3.63, 3.8) is 0 Å². The number of anilines is 1. The first-order valence-corrected chi connectivity index (χ1v) is 10.7. The predicted octanol–water partition coefficient (Wildman–Crippen LogP) is 6.12. The molecule has 3 aromatic rings. The molecule has 0 fully saturated rings. The third kappa shape index (κ3) is 4.68. The van der Waals surface area contributed by atoms with Gasteiger partial charge in [0.1, 0.15) is 6.61 Å². The van der Waals surface area contributed by atoms with Gasteiger partial charge in [0.15, 0.2) is 11.5 Å². The van der Waals surface area contributed by atoms with Crippen molar-refractivity contribution in [2.24, 2.45) is 5.10 Å². The van der Waals surface area contributed by atoms with Crippen LogP contribution in [0.5, 0.6) is 11.5 Å². The summed E-state index contributed by atoms with van der Waals surface area (Å²) in [6, 6.07) is 22.7. The van der Waals surface area contributed by atoms with E-state index in [1.54, 1.807) is 19.1 Å². The van der Waals surface area contributed by atoms with E-state index in [0.29, 0.717) is 46.7 Å². The fourth-order valence-electron chi connectivity index (χ4n) is 3.38. The zero-order valence-corrected chi connectivity index (χ0v) is 18.7. The SMILES string of the molecule is CCOc1cc(/C=C2\C(=O)N(c3ccccc3Cl)N=C2C)ccc1OCc1ccccc1. The van der Waals surface area contributed by atoms with E-state index in [9.17, 15) is 4.79 Å². The molecule has 0 N–H and O–H groups in total. The van der Waals surface area contributed by atoms with Gasteiger partial charge in [-0.1, -0.05) is 60.1 Å². The largest absolute Gasteiger partial charge is 0.490 e. The fourth-order valence-corrected chi connectivity index (χ4v) is 3.59. The number of hydrogen-bond donors (Lipinski definition) is 0. The first kappa shape index (κ1) is 21.7. The molecule has 0 unspecified atom stereocenters. The fraction of sp³-hybridized carbons (Fsp3) is 0.154. The van der Waals surface area contributed by atoms with Gasteiger partial charge in [-0.25, -0.2) is 0 Å². The van der Waals surface area contributed by atoms with Crippen LogP contribution in [0.3, 0.4) is 0 Å². The van der Waals surface area contributed by atoms with Crippen LogP contribution < -0.4 is 14.5 Å². The van der Waals surface area contributed by atoms with Gasteiger partial charge in [0, 0.05) is 0 Å². The van der Waals surface area contributed by atoms with E-state index in [-0.39, 0.29) is 5.91 Å². The molecule has 1 aliphatic heterocycles. The van der Waals surface area contributed by atoms with Crippen LogP contribution in [0.25, 0.3) is 6.08 Å². The quantitative estimate of drug-likeness (QED) is 0.410. The maximum atomic E-state index is 13.0. The summed E-state index contributed by atoms with van der Waals surface area (Å²) in [6.45, 7) is 4.67. The Kier molecular flexibility index (Phi) is 6.57. The summed E-state index contributed by atoms with van der Waals surface area (Å²) in [5, 5.41) is 6.22. The van der Waals surface area contributed by atoms with E-state index in [4.69, 9.17) is 21.1 Å². The maximum absolute atomic E-state index is 13.0. The highest BCUT2D eigenvalue weighted by Gasteiger charge is 2.29. The minimum Gasteiger partial charge on any atom is -0.490 e. The lowest BCUT2D eigenvalue weighted by Crippen LogP contribution is -2.21. The number of rotatable bonds is 7. The Balaban J connectivity index is 1.58. The Bertz CT molecular complexity index is 1190. The third-order valence-corrected chi connectivity index (χ3v) is 5.28. The molecule has 0 atom stereocenters. The Labute approximate surface area is 192 Å². The van der Waals surface area contributed by atoms with Crippen LogP contribution in [0, 0.1) is 0 Å². The summed E-state index contributed by atoms with van der Waals surface area (Å²) >= 11 is 6.26.